The zero-order valence-electron chi connectivity index (χ0n) is 8.68. The second-order valence-corrected chi connectivity index (χ2v) is 6.43. The van der Waals surface area contributed by atoms with E-state index in [-0.39, 0.29) is 11.1 Å². The van der Waals surface area contributed by atoms with E-state index in [1.54, 1.807) is 6.07 Å². The molecule has 0 saturated carbocycles. The van der Waals surface area contributed by atoms with E-state index in [9.17, 15) is 4.79 Å². The molecule has 3 aromatic rings. The molecule has 18 heavy (non-hydrogen) atoms. The second-order valence-electron chi connectivity index (χ2n) is 3.41. The molecule has 0 fully saturated rings. The minimum absolute atomic E-state index is 0.0847. The number of carbonyl (C=O) groups is 1. The molecule has 0 radical (unpaired) electrons. The van der Waals surface area contributed by atoms with Crippen LogP contribution in [0.1, 0.15) is 15.4 Å². The fraction of sp³-hybridized carbons (Fsp3) is 0. The fourth-order valence-electron chi connectivity index (χ4n) is 1.54. The third-order valence-corrected chi connectivity index (χ3v) is 5.23. The van der Waals surface area contributed by atoms with Crippen molar-refractivity contribution in [1.29, 1.82) is 0 Å². The third-order valence-electron chi connectivity index (χ3n) is 2.30. The van der Waals surface area contributed by atoms with E-state index in [0.717, 1.165) is 9.17 Å². The van der Waals surface area contributed by atoms with Crippen LogP contribution in [0.15, 0.2) is 27.4 Å². The first-order chi connectivity index (χ1) is 8.66. The van der Waals surface area contributed by atoms with Crippen molar-refractivity contribution < 1.29 is 4.79 Å². The molecule has 3 aromatic heterocycles. The van der Waals surface area contributed by atoms with E-state index in [0.29, 0.717) is 16.1 Å². The summed E-state index contributed by atoms with van der Waals surface area (Å²) in [6.45, 7) is 0. The summed E-state index contributed by atoms with van der Waals surface area (Å²) in [5.74, 6) is -0.117. The summed E-state index contributed by atoms with van der Waals surface area (Å²) in [5, 5.41) is 3.82. The normalized spacial score (nSPS) is 11.0. The zero-order valence-corrected chi connectivity index (χ0v) is 12.7. The molecule has 90 valence electrons. The van der Waals surface area contributed by atoms with Crippen molar-refractivity contribution in [2.45, 2.75) is 0 Å². The van der Waals surface area contributed by atoms with Crippen molar-refractivity contribution in [3.63, 3.8) is 0 Å². The molecule has 0 spiro atoms. The molecule has 0 N–H and O–H groups in total. The number of halogens is 2. The number of nitrogens with zero attached hydrogens (tertiary/aromatic N) is 2. The molecule has 3 nitrogen and oxygen atoms in total. The number of hydrogen-bond donors (Lipinski definition) is 0. The number of ketones is 1. The molecular formula is C11H4BrClN2OS2. The van der Waals surface area contributed by atoms with Gasteiger partial charge in [-0.1, -0.05) is 6.07 Å². The number of rotatable bonds is 2. The van der Waals surface area contributed by atoms with Crippen molar-refractivity contribution in [3.8, 4) is 0 Å². The maximum atomic E-state index is 12.3. The van der Waals surface area contributed by atoms with Crippen molar-refractivity contribution in [1.82, 2.24) is 9.97 Å². The largest absolute Gasteiger partial charge is 0.286 e. The Balaban J connectivity index is 2.26. The van der Waals surface area contributed by atoms with Crippen molar-refractivity contribution in [2.24, 2.45) is 0 Å². The summed E-state index contributed by atoms with van der Waals surface area (Å²) >= 11 is 12.1. The van der Waals surface area contributed by atoms with E-state index in [2.05, 4.69) is 25.9 Å². The Hall–Kier alpha value is -0.820. The van der Waals surface area contributed by atoms with Gasteiger partial charge in [0, 0.05) is 5.38 Å². The standard InChI is InChI=1S/C11H4BrClN2OS2/c12-5-4-18-10-7(5)14-11(13)15-8(10)9(16)6-2-1-3-17-6/h1-4H. The lowest BCUT2D eigenvalue weighted by Crippen LogP contribution is -2.03. The van der Waals surface area contributed by atoms with Gasteiger partial charge in [0.05, 0.1) is 14.0 Å². The number of aromatic nitrogens is 2. The van der Waals surface area contributed by atoms with Crippen molar-refractivity contribution in [3.05, 3.63) is 43.2 Å². The number of hydrogen-bond acceptors (Lipinski definition) is 5. The summed E-state index contributed by atoms with van der Waals surface area (Å²) in [6, 6.07) is 3.61. The predicted molar refractivity (Wildman–Crippen MR) is 77.9 cm³/mol. The van der Waals surface area contributed by atoms with E-state index in [1.807, 2.05) is 16.8 Å². The van der Waals surface area contributed by atoms with E-state index in [4.69, 9.17) is 11.6 Å². The zero-order chi connectivity index (χ0) is 12.7. The first-order valence-corrected chi connectivity index (χ1v) is 7.78. The van der Waals surface area contributed by atoms with E-state index in [1.165, 1.54) is 22.7 Å². The molecule has 0 atom stereocenters. The van der Waals surface area contributed by atoms with Gasteiger partial charge in [-0.2, -0.15) is 0 Å². The fourth-order valence-corrected chi connectivity index (χ4v) is 3.92. The molecule has 3 rings (SSSR count). The molecule has 0 bridgehead atoms. The number of carbonyl (C=O) groups excluding carboxylic acids is 1. The quantitative estimate of drug-likeness (QED) is 0.503. The van der Waals surface area contributed by atoms with Gasteiger partial charge >= 0.3 is 0 Å². The first kappa shape index (κ1) is 12.2. The highest BCUT2D eigenvalue weighted by Crippen LogP contribution is 2.32. The summed E-state index contributed by atoms with van der Waals surface area (Å²) < 4.78 is 1.58. The Morgan fingerprint density at radius 3 is 2.89 bits per heavy atom. The number of fused-ring (bicyclic) bond motifs is 1. The summed E-state index contributed by atoms with van der Waals surface area (Å²) in [5.41, 5.74) is 1.04. The molecule has 0 unspecified atom stereocenters. The van der Waals surface area contributed by atoms with Gasteiger partial charge in [0.2, 0.25) is 11.1 Å². The van der Waals surface area contributed by atoms with Crippen molar-refractivity contribution in [2.75, 3.05) is 0 Å². The lowest BCUT2D eigenvalue weighted by Gasteiger charge is -2.00. The monoisotopic (exact) mass is 358 g/mol. The second kappa shape index (κ2) is 4.70. The van der Waals surface area contributed by atoms with Gasteiger partial charge in [-0.25, -0.2) is 9.97 Å². The Kier molecular flexibility index (Phi) is 3.19. The maximum Gasteiger partial charge on any atom is 0.223 e. The van der Waals surface area contributed by atoms with Gasteiger partial charge in [0.1, 0.15) is 11.2 Å². The van der Waals surface area contributed by atoms with Gasteiger partial charge in [-0.05, 0) is 39.0 Å². The lowest BCUT2D eigenvalue weighted by molar-refractivity contribution is 0.103. The number of thiophene rings is 2. The van der Waals surface area contributed by atoms with Crippen LogP contribution in [-0.2, 0) is 0 Å². The maximum absolute atomic E-state index is 12.3. The van der Waals surface area contributed by atoms with Crippen LogP contribution in [0.2, 0.25) is 5.28 Å². The van der Waals surface area contributed by atoms with Crippen LogP contribution in [0.3, 0.4) is 0 Å². The van der Waals surface area contributed by atoms with Gasteiger partial charge in [-0.3, -0.25) is 4.79 Å². The summed E-state index contributed by atoms with van der Waals surface area (Å²) in [7, 11) is 0. The van der Waals surface area contributed by atoms with Gasteiger partial charge in [0.25, 0.3) is 0 Å². The summed E-state index contributed by atoms with van der Waals surface area (Å²) in [4.78, 5) is 21.2. The molecule has 0 aliphatic heterocycles. The van der Waals surface area contributed by atoms with Crippen LogP contribution in [-0.4, -0.2) is 15.8 Å². The lowest BCUT2D eigenvalue weighted by atomic mass is 10.2. The van der Waals surface area contributed by atoms with Crippen LogP contribution in [0, 0.1) is 0 Å². The molecule has 7 heteroatoms. The highest BCUT2D eigenvalue weighted by Gasteiger charge is 2.19. The molecule has 0 aliphatic carbocycles. The predicted octanol–water partition coefficient (Wildman–Crippen LogP) is 4.40. The van der Waals surface area contributed by atoms with Crippen LogP contribution in [0.4, 0.5) is 0 Å². The molecule has 0 aliphatic rings. The van der Waals surface area contributed by atoms with Crippen molar-refractivity contribution >= 4 is 66.2 Å². The Morgan fingerprint density at radius 2 is 2.17 bits per heavy atom. The highest BCUT2D eigenvalue weighted by molar-refractivity contribution is 9.10. The Labute approximate surface area is 124 Å². The molecule has 0 saturated heterocycles. The van der Waals surface area contributed by atoms with Gasteiger partial charge in [-0.15, -0.1) is 22.7 Å². The van der Waals surface area contributed by atoms with Crippen LogP contribution < -0.4 is 0 Å². The average molecular weight is 360 g/mol. The van der Waals surface area contributed by atoms with Crippen LogP contribution >= 0.6 is 50.2 Å². The first-order valence-electron chi connectivity index (χ1n) is 4.85. The SMILES string of the molecule is O=C(c1cccs1)c1nc(Cl)nc2c(Br)csc12. The summed E-state index contributed by atoms with van der Waals surface area (Å²) in [6.07, 6.45) is 0. The minimum atomic E-state index is -0.117. The molecule has 3 heterocycles. The molecule has 0 aromatic carbocycles. The highest BCUT2D eigenvalue weighted by atomic mass is 79.9. The Bertz CT molecular complexity index is 739. The molecular weight excluding hydrogens is 356 g/mol. The van der Waals surface area contributed by atoms with Crippen LogP contribution in [0.5, 0.6) is 0 Å². The molecule has 0 amide bonds. The topological polar surface area (TPSA) is 42.9 Å². The Morgan fingerprint density at radius 1 is 1.33 bits per heavy atom. The van der Waals surface area contributed by atoms with E-state index < -0.39 is 0 Å². The smallest absolute Gasteiger partial charge is 0.223 e. The van der Waals surface area contributed by atoms with Gasteiger partial charge in [0.15, 0.2) is 0 Å². The average Bonchev–Trinajstić information content (AvgIpc) is 2.98. The van der Waals surface area contributed by atoms with Gasteiger partial charge < -0.3 is 0 Å². The van der Waals surface area contributed by atoms with Crippen LogP contribution in [0.25, 0.3) is 10.2 Å². The third kappa shape index (κ3) is 1.99. The minimum Gasteiger partial charge on any atom is -0.286 e. The van der Waals surface area contributed by atoms with E-state index >= 15 is 0 Å².